The van der Waals surface area contributed by atoms with Gasteiger partial charge < -0.3 is 11.1 Å². The maximum absolute atomic E-state index is 12.0. The Balaban J connectivity index is 2.04. The van der Waals surface area contributed by atoms with Crippen LogP contribution in [0, 0.1) is 5.92 Å². The largest absolute Gasteiger partial charge is 0.329 e. The Kier molecular flexibility index (Phi) is 2.17. The van der Waals surface area contributed by atoms with Crippen molar-refractivity contribution in [2.45, 2.75) is 12.1 Å². The van der Waals surface area contributed by atoms with Gasteiger partial charge in [0, 0.05) is 18.3 Å². The van der Waals surface area contributed by atoms with Crippen molar-refractivity contribution in [2.75, 3.05) is 11.9 Å². The Bertz CT molecular complexity index is 434. The molecule has 1 aromatic rings. The number of hydrogen-bond acceptors (Lipinski definition) is 4. The van der Waals surface area contributed by atoms with Crippen molar-refractivity contribution in [3.05, 3.63) is 29.8 Å². The number of nitrogens with two attached hydrogens (primary N) is 1. The van der Waals surface area contributed by atoms with E-state index in [4.69, 9.17) is 5.73 Å². The lowest BCUT2D eigenvalue weighted by atomic mass is 9.85. The predicted octanol–water partition coefficient (Wildman–Crippen LogP) is -0.269. The number of para-hydroxylation sites is 1. The number of hydrogen-bond donors (Lipinski definition) is 4. The van der Waals surface area contributed by atoms with Crippen molar-refractivity contribution in [3.8, 4) is 0 Å². The molecule has 1 aromatic carbocycles. The first-order valence-corrected chi connectivity index (χ1v) is 5.42. The number of benzene rings is 1. The van der Waals surface area contributed by atoms with Crippen molar-refractivity contribution < 1.29 is 4.79 Å². The van der Waals surface area contributed by atoms with Gasteiger partial charge in [0.15, 0.2) is 0 Å². The standard InChI is InChI=1S/C11H14N4O/c12-5-8-9-10(15-14-8)6-3-1-2-4-7(6)13-11(9)16/h1-4,8-10,14-15H,5,12H2,(H,13,16). The third-order valence-corrected chi connectivity index (χ3v) is 3.33. The molecule has 0 radical (unpaired) electrons. The van der Waals surface area contributed by atoms with Crippen molar-refractivity contribution in [2.24, 2.45) is 11.7 Å². The molecule has 0 saturated carbocycles. The molecule has 3 unspecified atom stereocenters. The maximum atomic E-state index is 12.0. The van der Waals surface area contributed by atoms with E-state index >= 15 is 0 Å². The Hall–Kier alpha value is -1.43. The number of hydrazine groups is 1. The van der Waals surface area contributed by atoms with Gasteiger partial charge >= 0.3 is 0 Å². The first-order chi connectivity index (χ1) is 7.81. The fourth-order valence-electron chi connectivity index (χ4n) is 2.52. The molecule has 0 bridgehead atoms. The molecule has 2 aliphatic rings. The molecular formula is C11H14N4O. The lowest BCUT2D eigenvalue weighted by Gasteiger charge is -2.28. The maximum Gasteiger partial charge on any atom is 0.231 e. The smallest absolute Gasteiger partial charge is 0.231 e. The van der Waals surface area contributed by atoms with Crippen LogP contribution in [0.3, 0.4) is 0 Å². The molecule has 0 aromatic heterocycles. The third-order valence-electron chi connectivity index (χ3n) is 3.33. The van der Waals surface area contributed by atoms with Crippen molar-refractivity contribution in [3.63, 3.8) is 0 Å². The van der Waals surface area contributed by atoms with Gasteiger partial charge in [-0.2, -0.15) is 0 Å². The predicted molar refractivity (Wildman–Crippen MR) is 60.4 cm³/mol. The van der Waals surface area contributed by atoms with Crippen LogP contribution in [0.2, 0.25) is 0 Å². The zero-order valence-corrected chi connectivity index (χ0v) is 8.73. The lowest BCUT2D eigenvalue weighted by Crippen LogP contribution is -2.42. The second kappa shape index (κ2) is 3.55. The second-order valence-electron chi connectivity index (χ2n) is 4.21. The summed E-state index contributed by atoms with van der Waals surface area (Å²) in [6.07, 6.45) is 0. The molecule has 0 spiro atoms. The molecule has 5 N–H and O–H groups in total. The van der Waals surface area contributed by atoms with Gasteiger partial charge in [0.05, 0.1) is 12.0 Å². The van der Waals surface area contributed by atoms with Crippen LogP contribution < -0.4 is 21.9 Å². The quantitative estimate of drug-likeness (QED) is 0.523. The van der Waals surface area contributed by atoms with Gasteiger partial charge in [0.1, 0.15) is 0 Å². The third kappa shape index (κ3) is 1.26. The van der Waals surface area contributed by atoms with Gasteiger partial charge in [-0.3, -0.25) is 10.2 Å². The Morgan fingerprint density at radius 2 is 2.06 bits per heavy atom. The molecule has 1 saturated heterocycles. The zero-order valence-electron chi connectivity index (χ0n) is 8.73. The van der Waals surface area contributed by atoms with Crippen molar-refractivity contribution >= 4 is 11.6 Å². The van der Waals surface area contributed by atoms with Gasteiger partial charge in [-0.1, -0.05) is 18.2 Å². The van der Waals surface area contributed by atoms with Gasteiger partial charge in [0.25, 0.3) is 0 Å². The first kappa shape index (κ1) is 9.77. The molecule has 3 atom stereocenters. The second-order valence-corrected chi connectivity index (χ2v) is 4.21. The number of anilines is 1. The van der Waals surface area contributed by atoms with E-state index in [1.54, 1.807) is 0 Å². The minimum absolute atomic E-state index is 0.00152. The van der Waals surface area contributed by atoms with Crippen LogP contribution in [0.25, 0.3) is 0 Å². The SMILES string of the molecule is NCC1NNC2c3ccccc3NC(=O)C12. The van der Waals surface area contributed by atoms with E-state index in [9.17, 15) is 4.79 Å². The van der Waals surface area contributed by atoms with E-state index in [0.29, 0.717) is 6.54 Å². The van der Waals surface area contributed by atoms with E-state index in [1.807, 2.05) is 24.3 Å². The van der Waals surface area contributed by atoms with E-state index in [-0.39, 0.29) is 23.9 Å². The van der Waals surface area contributed by atoms with E-state index < -0.39 is 0 Å². The van der Waals surface area contributed by atoms with Gasteiger partial charge in [-0.05, 0) is 11.6 Å². The van der Waals surface area contributed by atoms with Crippen LogP contribution in [-0.2, 0) is 4.79 Å². The van der Waals surface area contributed by atoms with Gasteiger partial charge in [0.2, 0.25) is 5.91 Å². The topological polar surface area (TPSA) is 79.2 Å². The Labute approximate surface area is 93.4 Å². The summed E-state index contributed by atoms with van der Waals surface area (Å²) >= 11 is 0. The number of carbonyl (C=O) groups is 1. The summed E-state index contributed by atoms with van der Waals surface area (Å²) in [5, 5.41) is 2.92. The van der Waals surface area contributed by atoms with Crippen molar-refractivity contribution in [1.82, 2.24) is 10.9 Å². The molecule has 84 valence electrons. The fourth-order valence-corrected chi connectivity index (χ4v) is 2.52. The van der Waals surface area contributed by atoms with Crippen LogP contribution in [0.4, 0.5) is 5.69 Å². The van der Waals surface area contributed by atoms with Crippen molar-refractivity contribution in [1.29, 1.82) is 0 Å². The molecule has 1 amide bonds. The molecular weight excluding hydrogens is 204 g/mol. The summed E-state index contributed by atoms with van der Waals surface area (Å²) in [6.45, 7) is 0.448. The molecule has 2 heterocycles. The fraction of sp³-hybridized carbons (Fsp3) is 0.364. The normalized spacial score (nSPS) is 31.8. The summed E-state index contributed by atoms with van der Waals surface area (Å²) in [5.74, 6) is -0.0865. The molecule has 1 fully saturated rings. The number of nitrogens with one attached hydrogen (secondary N) is 3. The summed E-state index contributed by atoms with van der Waals surface area (Å²) in [6, 6.07) is 7.87. The van der Waals surface area contributed by atoms with E-state index in [2.05, 4.69) is 16.2 Å². The highest BCUT2D eigenvalue weighted by Crippen LogP contribution is 2.37. The monoisotopic (exact) mass is 218 g/mol. The molecule has 5 nitrogen and oxygen atoms in total. The van der Waals surface area contributed by atoms with E-state index in [0.717, 1.165) is 11.3 Å². The van der Waals surface area contributed by atoms with Crippen LogP contribution in [0.1, 0.15) is 11.6 Å². The minimum atomic E-state index is -0.125. The minimum Gasteiger partial charge on any atom is -0.329 e. The Morgan fingerprint density at radius 1 is 1.25 bits per heavy atom. The van der Waals surface area contributed by atoms with Gasteiger partial charge in [-0.15, -0.1) is 0 Å². The van der Waals surface area contributed by atoms with E-state index in [1.165, 1.54) is 0 Å². The zero-order chi connectivity index (χ0) is 11.1. The number of carbonyl (C=O) groups excluding carboxylic acids is 1. The molecule has 3 rings (SSSR count). The molecule has 5 heteroatoms. The van der Waals surface area contributed by atoms with Crippen LogP contribution >= 0.6 is 0 Å². The molecule has 2 aliphatic heterocycles. The highest BCUT2D eigenvalue weighted by atomic mass is 16.2. The molecule has 0 aliphatic carbocycles. The average molecular weight is 218 g/mol. The lowest BCUT2D eigenvalue weighted by molar-refractivity contribution is -0.120. The molecule has 16 heavy (non-hydrogen) atoms. The highest BCUT2D eigenvalue weighted by molar-refractivity contribution is 5.97. The summed E-state index contributed by atoms with van der Waals surface area (Å²) in [4.78, 5) is 12.0. The summed E-state index contributed by atoms with van der Waals surface area (Å²) in [7, 11) is 0. The first-order valence-electron chi connectivity index (χ1n) is 5.42. The van der Waals surface area contributed by atoms with Crippen LogP contribution in [0.15, 0.2) is 24.3 Å². The summed E-state index contributed by atoms with van der Waals surface area (Å²) in [5.41, 5.74) is 13.9. The number of fused-ring (bicyclic) bond motifs is 3. The number of amides is 1. The van der Waals surface area contributed by atoms with Crippen LogP contribution in [0.5, 0.6) is 0 Å². The summed E-state index contributed by atoms with van der Waals surface area (Å²) < 4.78 is 0. The van der Waals surface area contributed by atoms with Crippen LogP contribution in [-0.4, -0.2) is 18.5 Å². The highest BCUT2D eigenvalue weighted by Gasteiger charge is 2.44. The number of rotatable bonds is 1. The average Bonchev–Trinajstić information content (AvgIpc) is 2.74. The van der Waals surface area contributed by atoms with Gasteiger partial charge in [-0.25, -0.2) is 5.43 Å². The Morgan fingerprint density at radius 3 is 2.88 bits per heavy atom.